The molecule has 0 radical (unpaired) electrons. The van der Waals surface area contributed by atoms with Crippen LogP contribution in [-0.2, 0) is 4.74 Å². The minimum atomic E-state index is -4.00. The Morgan fingerprint density at radius 3 is 1.44 bits per heavy atom. The molecule has 0 saturated heterocycles. The number of hydrogen-bond acceptors (Lipinski definition) is 5. The van der Waals surface area contributed by atoms with Gasteiger partial charge in [-0.05, 0) is 35.4 Å². The highest BCUT2D eigenvalue weighted by atomic mass is 19.4. The van der Waals surface area contributed by atoms with Crippen LogP contribution in [0.25, 0.3) is 0 Å². The lowest BCUT2D eigenvalue weighted by Crippen LogP contribution is -2.29. The Bertz CT molecular complexity index is 724. The molecule has 0 aromatic heterocycles. The Morgan fingerprint density at radius 1 is 0.852 bits per heavy atom. The van der Waals surface area contributed by atoms with E-state index in [-0.39, 0.29) is 40.9 Å². The van der Waals surface area contributed by atoms with Gasteiger partial charge in [0.25, 0.3) is 0 Å². The largest absolute Gasteiger partial charge is 0.506 e. The van der Waals surface area contributed by atoms with Crippen LogP contribution in [0.2, 0.25) is 0 Å². The Kier molecular flexibility index (Phi) is 6.85. The molecule has 0 atom stereocenters. The highest BCUT2D eigenvalue weighted by Gasteiger charge is 2.42. The molecule has 2 rings (SSSR count). The second kappa shape index (κ2) is 8.30. The summed E-state index contributed by atoms with van der Waals surface area (Å²) in [6.07, 6.45) is -7.53. The van der Waals surface area contributed by atoms with Gasteiger partial charge in [0.15, 0.2) is 0 Å². The fraction of sp³-hybridized carbons (Fsp3) is 0.294. The first-order valence-corrected chi connectivity index (χ1v) is 7.42. The van der Waals surface area contributed by atoms with E-state index in [0.717, 1.165) is 7.11 Å². The van der Waals surface area contributed by atoms with E-state index in [2.05, 4.69) is 4.74 Å². The number of phenolic OH excluding ortho intramolecular Hbond substituents is 2. The SMILES string of the molecule is CC(F)(F)F.COC(F)(F)C(c1ccc(O)c(N)c1)c1ccc(O)c(N)c1. The topological polar surface area (TPSA) is 102 Å². The third kappa shape index (κ3) is 6.48. The number of aromatic hydroxyl groups is 2. The van der Waals surface area contributed by atoms with Gasteiger partial charge in [-0.3, -0.25) is 0 Å². The number of ether oxygens (including phenoxy) is 1. The van der Waals surface area contributed by atoms with E-state index in [4.69, 9.17) is 11.5 Å². The molecule has 0 unspecified atom stereocenters. The maximum absolute atomic E-state index is 14.2. The van der Waals surface area contributed by atoms with Crippen LogP contribution in [0.3, 0.4) is 0 Å². The van der Waals surface area contributed by atoms with Crippen molar-refractivity contribution in [2.24, 2.45) is 0 Å². The number of phenols is 2. The van der Waals surface area contributed by atoms with Gasteiger partial charge >= 0.3 is 12.3 Å². The summed E-state index contributed by atoms with van der Waals surface area (Å²) in [6, 6.07) is 7.60. The van der Waals surface area contributed by atoms with E-state index >= 15 is 0 Å². The molecule has 10 heteroatoms. The quantitative estimate of drug-likeness (QED) is 0.354. The smallest absolute Gasteiger partial charge is 0.386 e. The molecule has 5 nitrogen and oxygen atoms in total. The van der Waals surface area contributed by atoms with E-state index < -0.39 is 18.2 Å². The van der Waals surface area contributed by atoms with Crippen LogP contribution < -0.4 is 11.5 Å². The number of nitrogen functional groups attached to an aromatic ring is 2. The molecule has 0 bridgehead atoms. The van der Waals surface area contributed by atoms with Gasteiger partial charge in [0.05, 0.1) is 11.4 Å². The molecule has 150 valence electrons. The summed E-state index contributed by atoms with van der Waals surface area (Å²) in [7, 11) is 0.889. The van der Waals surface area contributed by atoms with Gasteiger partial charge in [0, 0.05) is 14.0 Å². The Morgan fingerprint density at radius 2 is 1.19 bits per heavy atom. The second-order valence-corrected chi connectivity index (χ2v) is 5.62. The highest BCUT2D eigenvalue weighted by Crippen LogP contribution is 2.42. The maximum Gasteiger partial charge on any atom is 0.386 e. The summed E-state index contributed by atoms with van der Waals surface area (Å²) < 4.78 is 63.8. The molecule has 0 fully saturated rings. The van der Waals surface area contributed by atoms with E-state index in [1.54, 1.807) is 0 Å². The molecular formula is C17H19F5N2O3. The third-order valence-electron chi connectivity index (χ3n) is 3.38. The number of halogens is 5. The molecule has 6 N–H and O–H groups in total. The second-order valence-electron chi connectivity index (χ2n) is 5.62. The van der Waals surface area contributed by atoms with Crippen molar-refractivity contribution >= 4 is 11.4 Å². The Hall–Kier alpha value is -2.75. The van der Waals surface area contributed by atoms with Crippen LogP contribution in [0, 0.1) is 0 Å². The maximum atomic E-state index is 14.2. The first-order chi connectivity index (χ1) is 12.3. The number of rotatable bonds is 4. The summed E-state index contributed by atoms with van der Waals surface area (Å²) in [4.78, 5) is 0. The van der Waals surface area contributed by atoms with Gasteiger partial charge in [0.1, 0.15) is 17.4 Å². The number of alkyl halides is 5. The molecule has 0 spiro atoms. The molecule has 0 aliphatic carbocycles. The van der Waals surface area contributed by atoms with Gasteiger partial charge < -0.3 is 26.4 Å². The Labute approximate surface area is 152 Å². The van der Waals surface area contributed by atoms with Crippen LogP contribution in [-0.4, -0.2) is 29.6 Å². The summed E-state index contributed by atoms with van der Waals surface area (Å²) >= 11 is 0. The molecule has 0 heterocycles. The van der Waals surface area contributed by atoms with E-state index in [1.165, 1.54) is 36.4 Å². The van der Waals surface area contributed by atoms with E-state index in [9.17, 15) is 32.2 Å². The number of hydrogen-bond donors (Lipinski definition) is 4. The zero-order chi connectivity index (χ0) is 21.0. The lowest BCUT2D eigenvalue weighted by atomic mass is 9.89. The zero-order valence-electron chi connectivity index (χ0n) is 14.4. The number of benzene rings is 2. The van der Waals surface area contributed by atoms with Crippen molar-refractivity contribution in [2.75, 3.05) is 18.6 Å². The normalized spacial score (nSPS) is 11.9. The first-order valence-electron chi connectivity index (χ1n) is 7.42. The van der Waals surface area contributed by atoms with Crippen molar-refractivity contribution in [2.45, 2.75) is 25.1 Å². The van der Waals surface area contributed by atoms with Gasteiger partial charge in [-0.1, -0.05) is 12.1 Å². The molecule has 2 aromatic carbocycles. The van der Waals surface area contributed by atoms with Gasteiger partial charge in [0.2, 0.25) is 0 Å². The molecule has 0 amide bonds. The van der Waals surface area contributed by atoms with Crippen LogP contribution >= 0.6 is 0 Å². The van der Waals surface area contributed by atoms with Gasteiger partial charge in [-0.2, -0.15) is 22.0 Å². The van der Waals surface area contributed by atoms with Crippen molar-refractivity contribution < 1.29 is 36.9 Å². The fourth-order valence-electron chi connectivity index (χ4n) is 2.20. The highest BCUT2D eigenvalue weighted by molar-refractivity contribution is 5.58. The fourth-order valence-corrected chi connectivity index (χ4v) is 2.20. The van der Waals surface area contributed by atoms with Crippen LogP contribution in [0.5, 0.6) is 11.5 Å². The average molecular weight is 394 g/mol. The van der Waals surface area contributed by atoms with Gasteiger partial charge in [-0.15, -0.1) is 0 Å². The molecular weight excluding hydrogens is 375 g/mol. The van der Waals surface area contributed by atoms with Crippen LogP contribution in [0.1, 0.15) is 24.0 Å². The molecule has 0 aliphatic rings. The van der Waals surface area contributed by atoms with Crippen LogP contribution in [0.15, 0.2) is 36.4 Å². The summed E-state index contributed by atoms with van der Waals surface area (Å²) in [5.41, 5.74) is 11.4. The van der Waals surface area contributed by atoms with E-state index in [1.807, 2.05) is 0 Å². The number of nitrogens with two attached hydrogens (primary N) is 2. The molecule has 27 heavy (non-hydrogen) atoms. The van der Waals surface area contributed by atoms with Crippen molar-refractivity contribution in [3.05, 3.63) is 47.5 Å². The predicted molar refractivity (Wildman–Crippen MR) is 90.6 cm³/mol. The Balaban J connectivity index is 0.000000646. The molecule has 0 aliphatic heterocycles. The lowest BCUT2D eigenvalue weighted by Gasteiger charge is -2.26. The van der Waals surface area contributed by atoms with Crippen LogP contribution in [0.4, 0.5) is 33.3 Å². The van der Waals surface area contributed by atoms with Gasteiger partial charge in [-0.25, -0.2) is 0 Å². The zero-order valence-corrected chi connectivity index (χ0v) is 14.4. The van der Waals surface area contributed by atoms with Crippen molar-refractivity contribution in [1.82, 2.24) is 0 Å². The molecule has 0 saturated carbocycles. The third-order valence-corrected chi connectivity index (χ3v) is 3.38. The van der Waals surface area contributed by atoms with Crippen molar-refractivity contribution in [1.29, 1.82) is 0 Å². The molecule has 2 aromatic rings. The standard InChI is InChI=1S/C15H16F2N2O3.C2H3F3/c1-22-15(16,17)14(8-2-4-12(20)10(18)6-8)9-3-5-13(21)11(19)7-9;1-2(3,4)5/h2-7,14,20-21H,18-19H2,1H3;1H3. The monoisotopic (exact) mass is 394 g/mol. The van der Waals surface area contributed by atoms with Crippen molar-refractivity contribution in [3.63, 3.8) is 0 Å². The average Bonchev–Trinajstić information content (AvgIpc) is 2.53. The summed E-state index contributed by atoms with van der Waals surface area (Å²) in [5.74, 6) is -1.90. The summed E-state index contributed by atoms with van der Waals surface area (Å²) in [6.45, 7) is 0.188. The number of anilines is 2. The minimum Gasteiger partial charge on any atom is -0.506 e. The first kappa shape index (κ1) is 22.3. The predicted octanol–water partition coefficient (Wildman–Crippen LogP) is 4.20. The van der Waals surface area contributed by atoms with Crippen molar-refractivity contribution in [3.8, 4) is 11.5 Å². The van der Waals surface area contributed by atoms with E-state index in [0.29, 0.717) is 0 Å². The minimum absolute atomic E-state index is 0.0267. The summed E-state index contributed by atoms with van der Waals surface area (Å²) in [5, 5.41) is 18.9. The lowest BCUT2D eigenvalue weighted by molar-refractivity contribution is -0.230. The number of methoxy groups -OCH3 is 1.